The van der Waals surface area contributed by atoms with Crippen LogP contribution in [0.15, 0.2) is 41.8 Å². The molecule has 1 amide bonds. The second-order valence-corrected chi connectivity index (χ2v) is 10.3. The van der Waals surface area contributed by atoms with Gasteiger partial charge in [-0.25, -0.2) is 0 Å². The van der Waals surface area contributed by atoms with E-state index in [1.807, 2.05) is 35.7 Å². The molecule has 1 saturated heterocycles. The first kappa shape index (κ1) is 21.5. The van der Waals surface area contributed by atoms with Crippen LogP contribution in [0.25, 0.3) is 0 Å². The fourth-order valence-corrected chi connectivity index (χ4v) is 5.90. The van der Waals surface area contributed by atoms with Crippen molar-refractivity contribution in [2.45, 2.75) is 19.9 Å². The molecule has 2 aromatic heterocycles. The van der Waals surface area contributed by atoms with Crippen molar-refractivity contribution in [1.82, 2.24) is 9.80 Å². The number of likely N-dealkylation sites (N-methyl/N-ethyl adjacent to an activating group) is 1. The number of nitrogens with one attached hydrogen (secondary N) is 1. The van der Waals surface area contributed by atoms with Gasteiger partial charge < -0.3 is 10.2 Å². The van der Waals surface area contributed by atoms with Gasteiger partial charge in [-0.15, -0.1) is 22.7 Å². The topological polar surface area (TPSA) is 35.6 Å². The van der Waals surface area contributed by atoms with Gasteiger partial charge in [0.15, 0.2) is 0 Å². The minimum atomic E-state index is -0.0520. The van der Waals surface area contributed by atoms with Crippen LogP contribution < -0.4 is 5.32 Å². The third-order valence-corrected chi connectivity index (χ3v) is 8.13. The second kappa shape index (κ2) is 9.20. The van der Waals surface area contributed by atoms with E-state index in [4.69, 9.17) is 11.6 Å². The molecule has 3 heterocycles. The third-order valence-electron chi connectivity index (χ3n) is 5.78. The van der Waals surface area contributed by atoms with E-state index in [9.17, 15) is 4.79 Å². The van der Waals surface area contributed by atoms with Gasteiger partial charge in [0.25, 0.3) is 5.91 Å². The Morgan fingerprint density at radius 3 is 2.50 bits per heavy atom. The lowest BCUT2D eigenvalue weighted by Crippen LogP contribution is -2.46. The summed E-state index contributed by atoms with van der Waals surface area (Å²) < 4.78 is 0. The lowest BCUT2D eigenvalue weighted by atomic mass is 9.94. The summed E-state index contributed by atoms with van der Waals surface area (Å²) in [5, 5.41) is 6.82. The predicted octanol–water partition coefficient (Wildman–Crippen LogP) is 5.67. The average Bonchev–Trinajstić information content (AvgIpc) is 3.35. The molecule has 4 rings (SSSR count). The molecule has 1 aromatic carbocycles. The molecule has 1 N–H and O–H groups in total. The number of nitrogens with zero attached hydrogens (tertiary/aromatic N) is 2. The van der Waals surface area contributed by atoms with E-state index in [0.717, 1.165) is 46.6 Å². The number of rotatable bonds is 5. The summed E-state index contributed by atoms with van der Waals surface area (Å²) in [5.41, 5.74) is 3.49. The molecular weight excluding hydrogens is 434 g/mol. The number of benzene rings is 1. The number of carbonyl (C=O) groups excluding carboxylic acids is 1. The zero-order valence-corrected chi connectivity index (χ0v) is 19.8. The minimum Gasteiger partial charge on any atom is -0.313 e. The molecule has 1 atom stereocenters. The Balaban J connectivity index is 1.78. The Hall–Kier alpha value is -1.70. The molecule has 1 aliphatic rings. The molecule has 1 fully saturated rings. The Bertz CT molecular complexity index is 1020. The van der Waals surface area contributed by atoms with Crippen LogP contribution in [0.1, 0.15) is 37.3 Å². The van der Waals surface area contributed by atoms with Gasteiger partial charge in [0, 0.05) is 41.6 Å². The predicted molar refractivity (Wildman–Crippen MR) is 128 cm³/mol. The summed E-state index contributed by atoms with van der Waals surface area (Å²) in [7, 11) is 2.16. The summed E-state index contributed by atoms with van der Waals surface area (Å²) in [4.78, 5) is 19.6. The maximum Gasteiger partial charge on any atom is 0.266 e. The van der Waals surface area contributed by atoms with E-state index in [1.54, 1.807) is 11.3 Å². The zero-order chi connectivity index (χ0) is 21.3. The average molecular weight is 460 g/mol. The maximum absolute atomic E-state index is 12.9. The molecule has 0 saturated carbocycles. The molecule has 0 unspecified atom stereocenters. The highest BCUT2D eigenvalue weighted by molar-refractivity contribution is 7.17. The van der Waals surface area contributed by atoms with Crippen molar-refractivity contribution in [3.05, 3.63) is 73.2 Å². The van der Waals surface area contributed by atoms with Gasteiger partial charge in [0.1, 0.15) is 5.00 Å². The molecule has 158 valence electrons. The number of aryl methyl sites for hydroxylation is 1. The first-order chi connectivity index (χ1) is 14.5. The van der Waals surface area contributed by atoms with E-state index in [2.05, 4.69) is 42.1 Å². The maximum atomic E-state index is 12.9. The van der Waals surface area contributed by atoms with Gasteiger partial charge in [-0.1, -0.05) is 35.9 Å². The van der Waals surface area contributed by atoms with Crippen LogP contribution in [-0.2, 0) is 0 Å². The Labute approximate surface area is 191 Å². The smallest absolute Gasteiger partial charge is 0.266 e. The Morgan fingerprint density at radius 1 is 1.10 bits per heavy atom. The largest absolute Gasteiger partial charge is 0.313 e. The highest BCUT2D eigenvalue weighted by Gasteiger charge is 2.32. The lowest BCUT2D eigenvalue weighted by Gasteiger charge is -2.39. The number of hydrogen-bond donors (Lipinski definition) is 1. The van der Waals surface area contributed by atoms with E-state index in [1.165, 1.54) is 27.3 Å². The quantitative estimate of drug-likeness (QED) is 0.534. The summed E-state index contributed by atoms with van der Waals surface area (Å²) in [5.74, 6) is -0.0520. The van der Waals surface area contributed by atoms with Crippen LogP contribution in [-0.4, -0.2) is 48.9 Å². The van der Waals surface area contributed by atoms with Crippen molar-refractivity contribution in [2.24, 2.45) is 0 Å². The summed E-state index contributed by atoms with van der Waals surface area (Å²) in [6, 6.07) is 11.9. The number of anilines is 1. The Morgan fingerprint density at radius 2 is 1.83 bits per heavy atom. The first-order valence-corrected chi connectivity index (χ1v) is 12.1. The molecule has 0 spiro atoms. The number of halogens is 1. The minimum absolute atomic E-state index is 0.0102. The van der Waals surface area contributed by atoms with E-state index in [-0.39, 0.29) is 11.9 Å². The molecule has 0 bridgehead atoms. The SMILES string of the molecule is Cc1sc(NC(=O)c2cccs2)c([C@@H](c2ccccc2Cl)N2CCN(C)CC2)c1C. The van der Waals surface area contributed by atoms with Gasteiger partial charge in [0.2, 0.25) is 0 Å². The van der Waals surface area contributed by atoms with Crippen LogP contribution in [0.5, 0.6) is 0 Å². The Kier molecular flexibility index (Phi) is 6.60. The van der Waals surface area contributed by atoms with E-state index < -0.39 is 0 Å². The van der Waals surface area contributed by atoms with Crippen molar-refractivity contribution < 1.29 is 4.79 Å². The lowest BCUT2D eigenvalue weighted by molar-refractivity contribution is 0.103. The van der Waals surface area contributed by atoms with Gasteiger partial charge in [-0.05, 0) is 49.5 Å². The number of piperazine rings is 1. The van der Waals surface area contributed by atoms with Gasteiger partial charge in [-0.2, -0.15) is 0 Å². The molecule has 30 heavy (non-hydrogen) atoms. The van der Waals surface area contributed by atoms with Crippen molar-refractivity contribution >= 4 is 45.2 Å². The van der Waals surface area contributed by atoms with Gasteiger partial charge in [0.05, 0.1) is 10.9 Å². The second-order valence-electron chi connectivity index (χ2n) is 7.72. The van der Waals surface area contributed by atoms with Crippen LogP contribution in [0, 0.1) is 13.8 Å². The van der Waals surface area contributed by atoms with E-state index >= 15 is 0 Å². The highest BCUT2D eigenvalue weighted by Crippen LogP contribution is 2.44. The molecule has 1 aliphatic heterocycles. The molecule has 0 aliphatic carbocycles. The van der Waals surface area contributed by atoms with Gasteiger partial charge in [-0.3, -0.25) is 9.69 Å². The number of carbonyl (C=O) groups is 1. The first-order valence-electron chi connectivity index (χ1n) is 10.1. The number of amides is 1. The van der Waals surface area contributed by atoms with Crippen molar-refractivity contribution in [1.29, 1.82) is 0 Å². The highest BCUT2D eigenvalue weighted by atomic mass is 35.5. The molecule has 7 heteroatoms. The van der Waals surface area contributed by atoms with Crippen molar-refractivity contribution in [2.75, 3.05) is 38.5 Å². The zero-order valence-electron chi connectivity index (χ0n) is 17.4. The van der Waals surface area contributed by atoms with E-state index in [0.29, 0.717) is 0 Å². The normalized spacial score (nSPS) is 16.5. The number of hydrogen-bond acceptors (Lipinski definition) is 5. The summed E-state index contributed by atoms with van der Waals surface area (Å²) >= 11 is 9.81. The fraction of sp³-hybridized carbons (Fsp3) is 0.348. The van der Waals surface area contributed by atoms with Crippen LogP contribution >= 0.6 is 34.3 Å². The fourth-order valence-electron chi connectivity index (χ4n) is 3.95. The summed E-state index contributed by atoms with van der Waals surface area (Å²) in [6.07, 6.45) is 0. The standard InChI is InChI=1S/C23H26ClN3OS2/c1-15-16(2)30-23(25-22(28)19-9-6-14-29-19)20(15)21(17-7-4-5-8-18(17)24)27-12-10-26(3)11-13-27/h4-9,14,21H,10-13H2,1-3H3,(H,25,28)/t21-/m1/s1. The van der Waals surface area contributed by atoms with Crippen LogP contribution in [0.2, 0.25) is 5.02 Å². The van der Waals surface area contributed by atoms with Gasteiger partial charge >= 0.3 is 0 Å². The molecule has 4 nitrogen and oxygen atoms in total. The number of thiophene rings is 2. The van der Waals surface area contributed by atoms with Crippen LogP contribution in [0.3, 0.4) is 0 Å². The third kappa shape index (κ3) is 4.34. The molecule has 3 aromatic rings. The summed E-state index contributed by atoms with van der Waals surface area (Å²) in [6.45, 7) is 8.22. The monoisotopic (exact) mass is 459 g/mol. The molecular formula is C23H26ClN3OS2. The molecule has 0 radical (unpaired) electrons. The van der Waals surface area contributed by atoms with Crippen molar-refractivity contribution in [3.63, 3.8) is 0 Å². The van der Waals surface area contributed by atoms with Crippen LogP contribution in [0.4, 0.5) is 5.00 Å². The van der Waals surface area contributed by atoms with Crippen molar-refractivity contribution in [3.8, 4) is 0 Å².